The van der Waals surface area contributed by atoms with Gasteiger partial charge in [-0.2, -0.15) is 0 Å². The van der Waals surface area contributed by atoms with Crippen molar-refractivity contribution in [3.63, 3.8) is 0 Å². The summed E-state index contributed by atoms with van der Waals surface area (Å²) in [6.45, 7) is 0. The molecule has 0 radical (unpaired) electrons. The summed E-state index contributed by atoms with van der Waals surface area (Å²) in [5.74, 6) is -0.579. The van der Waals surface area contributed by atoms with Crippen LogP contribution in [-0.4, -0.2) is 49.9 Å². The van der Waals surface area contributed by atoms with E-state index in [2.05, 4.69) is 20.3 Å². The highest BCUT2D eigenvalue weighted by Gasteiger charge is 2.25. The second-order valence-corrected chi connectivity index (χ2v) is 8.42. The number of fused-ring (bicyclic) bond motifs is 1. The third-order valence-corrected chi connectivity index (χ3v) is 6.25. The van der Waals surface area contributed by atoms with Gasteiger partial charge in [0.15, 0.2) is 0 Å². The topological polar surface area (TPSA) is 114 Å². The summed E-state index contributed by atoms with van der Waals surface area (Å²) in [7, 11) is -0.259. The highest BCUT2D eigenvalue weighted by atomic mass is 32.2. The summed E-state index contributed by atoms with van der Waals surface area (Å²) < 4.78 is 17.4. The van der Waals surface area contributed by atoms with Crippen LogP contribution in [0.4, 0.5) is 0 Å². The van der Waals surface area contributed by atoms with Gasteiger partial charge in [0.05, 0.1) is 34.7 Å². The van der Waals surface area contributed by atoms with Crippen molar-refractivity contribution >= 4 is 33.7 Å². The summed E-state index contributed by atoms with van der Waals surface area (Å²) in [6.07, 6.45) is 3.35. The zero-order valence-electron chi connectivity index (χ0n) is 17.1. The number of nitrogens with zero attached hydrogens (tertiary/aromatic N) is 2. The Morgan fingerprint density at radius 1 is 1.09 bits per heavy atom. The maximum absolute atomic E-state index is 12.9. The molecule has 0 saturated carbocycles. The summed E-state index contributed by atoms with van der Waals surface area (Å²) >= 11 is 0. The average Bonchev–Trinajstić information content (AvgIpc) is 3.27. The molecule has 2 aromatic carbocycles. The van der Waals surface area contributed by atoms with Gasteiger partial charge >= 0.3 is 5.97 Å². The summed E-state index contributed by atoms with van der Waals surface area (Å²) in [6, 6.07) is 16.4. The van der Waals surface area contributed by atoms with Crippen molar-refractivity contribution in [1.82, 2.24) is 20.3 Å². The molecule has 2 aromatic heterocycles. The second kappa shape index (κ2) is 9.52. The molecule has 9 heteroatoms. The van der Waals surface area contributed by atoms with Crippen molar-refractivity contribution in [3.8, 4) is 11.4 Å². The SMILES string of the molecule is COC(=O)[C@H](CS(=O)c1ccccc1)NC(=O)c1ccc2nc(-c3ccncc3)[nH]c2c1. The lowest BCUT2D eigenvalue weighted by Gasteiger charge is -2.16. The molecule has 0 fully saturated rings. The first-order chi connectivity index (χ1) is 15.5. The fourth-order valence-electron chi connectivity index (χ4n) is 3.17. The molecule has 0 bridgehead atoms. The predicted octanol–water partition coefficient (Wildman–Crippen LogP) is 2.70. The van der Waals surface area contributed by atoms with E-state index < -0.39 is 28.7 Å². The van der Waals surface area contributed by atoms with Crippen molar-refractivity contribution in [2.45, 2.75) is 10.9 Å². The smallest absolute Gasteiger partial charge is 0.329 e. The Labute approximate surface area is 186 Å². The van der Waals surface area contributed by atoms with E-state index in [-0.39, 0.29) is 5.75 Å². The van der Waals surface area contributed by atoms with Crippen LogP contribution in [0.5, 0.6) is 0 Å². The number of esters is 1. The largest absolute Gasteiger partial charge is 0.467 e. The highest BCUT2D eigenvalue weighted by molar-refractivity contribution is 7.85. The number of imidazole rings is 1. The zero-order valence-corrected chi connectivity index (χ0v) is 18.0. The lowest BCUT2D eigenvalue weighted by atomic mass is 10.1. The molecule has 4 aromatic rings. The molecular weight excluding hydrogens is 428 g/mol. The number of benzene rings is 2. The first-order valence-electron chi connectivity index (χ1n) is 9.77. The number of aromatic nitrogens is 3. The first kappa shape index (κ1) is 21.4. The molecule has 0 aliphatic carbocycles. The van der Waals surface area contributed by atoms with Crippen LogP contribution in [0.1, 0.15) is 10.4 Å². The molecule has 0 saturated heterocycles. The molecule has 162 valence electrons. The Hall–Kier alpha value is -3.85. The Morgan fingerprint density at radius 2 is 1.84 bits per heavy atom. The molecule has 0 aliphatic rings. The van der Waals surface area contributed by atoms with Gasteiger partial charge in [-0.05, 0) is 42.5 Å². The van der Waals surface area contributed by atoms with Crippen molar-refractivity contribution in [2.75, 3.05) is 12.9 Å². The van der Waals surface area contributed by atoms with Gasteiger partial charge < -0.3 is 15.0 Å². The van der Waals surface area contributed by atoms with Crippen LogP contribution in [0.25, 0.3) is 22.4 Å². The maximum Gasteiger partial charge on any atom is 0.329 e. The van der Waals surface area contributed by atoms with E-state index in [0.717, 1.165) is 5.56 Å². The average molecular weight is 449 g/mol. The molecule has 1 amide bonds. The normalized spacial score (nSPS) is 12.8. The summed E-state index contributed by atoms with van der Waals surface area (Å²) in [4.78, 5) is 37.4. The lowest BCUT2D eigenvalue weighted by Crippen LogP contribution is -2.45. The van der Waals surface area contributed by atoms with Gasteiger partial charge in [-0.25, -0.2) is 9.78 Å². The van der Waals surface area contributed by atoms with E-state index in [0.29, 0.717) is 27.3 Å². The van der Waals surface area contributed by atoms with E-state index >= 15 is 0 Å². The first-order valence-corrected chi connectivity index (χ1v) is 11.1. The Balaban J connectivity index is 1.53. The number of nitrogens with one attached hydrogen (secondary N) is 2. The second-order valence-electron chi connectivity index (χ2n) is 6.93. The molecule has 4 rings (SSSR count). The number of pyridine rings is 1. The Kier molecular flexibility index (Phi) is 6.37. The Morgan fingerprint density at radius 3 is 2.56 bits per heavy atom. The standard InChI is InChI=1S/C23H20N4O4S/c1-31-23(29)20(14-32(30)17-5-3-2-4-6-17)27-22(28)16-7-8-18-19(13-16)26-21(25-18)15-9-11-24-12-10-15/h2-13,20H,14H2,1H3,(H,25,26)(H,27,28)/t20-,32?/m0/s1. The van der Waals surface area contributed by atoms with Gasteiger partial charge in [0.1, 0.15) is 11.9 Å². The zero-order chi connectivity index (χ0) is 22.5. The number of methoxy groups -OCH3 is 1. The molecule has 2 heterocycles. The fraction of sp³-hybridized carbons (Fsp3) is 0.130. The Bertz CT molecular complexity index is 1280. The minimum atomic E-state index is -1.49. The third kappa shape index (κ3) is 4.73. The molecule has 2 atom stereocenters. The number of aromatic amines is 1. The molecule has 0 spiro atoms. The number of ether oxygens (including phenoxy) is 1. The maximum atomic E-state index is 12.9. The highest BCUT2D eigenvalue weighted by Crippen LogP contribution is 2.21. The third-order valence-electron chi connectivity index (χ3n) is 4.81. The molecule has 8 nitrogen and oxygen atoms in total. The summed E-state index contributed by atoms with van der Waals surface area (Å²) in [5, 5.41) is 2.64. The number of rotatable bonds is 7. The van der Waals surface area contributed by atoms with Crippen LogP contribution >= 0.6 is 0 Å². The minimum Gasteiger partial charge on any atom is -0.467 e. The van der Waals surface area contributed by atoms with Crippen molar-refractivity contribution in [3.05, 3.63) is 78.6 Å². The minimum absolute atomic E-state index is 0.0963. The van der Waals surface area contributed by atoms with Crippen molar-refractivity contribution < 1.29 is 18.5 Å². The van der Waals surface area contributed by atoms with Crippen LogP contribution in [0.2, 0.25) is 0 Å². The lowest BCUT2D eigenvalue weighted by molar-refractivity contribution is -0.142. The van der Waals surface area contributed by atoms with Gasteiger partial charge in [0.2, 0.25) is 0 Å². The van der Waals surface area contributed by atoms with E-state index in [1.54, 1.807) is 54.9 Å². The molecule has 1 unspecified atom stereocenters. The fourth-order valence-corrected chi connectivity index (χ4v) is 4.35. The molecule has 2 N–H and O–H groups in total. The predicted molar refractivity (Wildman–Crippen MR) is 120 cm³/mol. The molecule has 0 aliphatic heterocycles. The quantitative estimate of drug-likeness (QED) is 0.420. The molecule has 32 heavy (non-hydrogen) atoms. The number of hydrogen-bond donors (Lipinski definition) is 2. The van der Waals surface area contributed by atoms with E-state index in [4.69, 9.17) is 4.74 Å². The summed E-state index contributed by atoms with van der Waals surface area (Å²) in [5.41, 5.74) is 2.58. The van der Waals surface area contributed by atoms with Gasteiger partial charge in [-0.15, -0.1) is 0 Å². The number of amides is 1. The van der Waals surface area contributed by atoms with Crippen LogP contribution in [0.15, 0.2) is 78.0 Å². The number of H-pyrrole nitrogens is 1. The van der Waals surface area contributed by atoms with Crippen molar-refractivity contribution in [2.24, 2.45) is 0 Å². The van der Waals surface area contributed by atoms with Gasteiger partial charge in [-0.3, -0.25) is 14.0 Å². The van der Waals surface area contributed by atoms with Gasteiger partial charge in [0.25, 0.3) is 5.91 Å². The van der Waals surface area contributed by atoms with Crippen LogP contribution in [0.3, 0.4) is 0 Å². The number of hydrogen-bond acceptors (Lipinski definition) is 6. The van der Waals surface area contributed by atoms with Crippen LogP contribution in [-0.2, 0) is 20.3 Å². The van der Waals surface area contributed by atoms with Gasteiger partial charge in [-0.1, -0.05) is 18.2 Å². The number of carbonyl (C=O) groups is 2. The van der Waals surface area contributed by atoms with E-state index in [1.165, 1.54) is 7.11 Å². The molecular formula is C23H20N4O4S. The van der Waals surface area contributed by atoms with E-state index in [1.807, 2.05) is 18.2 Å². The van der Waals surface area contributed by atoms with Gasteiger partial charge in [0, 0.05) is 28.4 Å². The van der Waals surface area contributed by atoms with Crippen LogP contribution in [0, 0.1) is 0 Å². The van der Waals surface area contributed by atoms with Crippen LogP contribution < -0.4 is 5.32 Å². The van der Waals surface area contributed by atoms with Crippen molar-refractivity contribution in [1.29, 1.82) is 0 Å². The van der Waals surface area contributed by atoms with E-state index in [9.17, 15) is 13.8 Å². The number of carbonyl (C=O) groups excluding carboxylic acids is 2. The monoisotopic (exact) mass is 448 g/mol.